The van der Waals surface area contributed by atoms with Gasteiger partial charge in [-0.15, -0.1) is 0 Å². The van der Waals surface area contributed by atoms with Gasteiger partial charge in [0.25, 0.3) is 11.5 Å². The summed E-state index contributed by atoms with van der Waals surface area (Å²) in [5.41, 5.74) is 1.97. The SMILES string of the molecule is Cc1ccccc1COn1cccc(C(=O)Nc2ccc3c(c2)OCO3)c1=O. The molecule has 142 valence electrons. The average Bonchev–Trinajstić information content (AvgIpc) is 3.16. The molecule has 0 saturated carbocycles. The van der Waals surface area contributed by atoms with E-state index in [9.17, 15) is 9.59 Å². The van der Waals surface area contributed by atoms with Gasteiger partial charge < -0.3 is 19.6 Å². The van der Waals surface area contributed by atoms with Gasteiger partial charge in [0, 0.05) is 18.0 Å². The average molecular weight is 378 g/mol. The van der Waals surface area contributed by atoms with Crippen molar-refractivity contribution in [3.63, 3.8) is 0 Å². The fourth-order valence-corrected chi connectivity index (χ4v) is 2.83. The highest BCUT2D eigenvalue weighted by atomic mass is 16.7. The first-order chi connectivity index (χ1) is 13.6. The number of nitrogens with one attached hydrogen (secondary N) is 1. The fourth-order valence-electron chi connectivity index (χ4n) is 2.83. The second-order valence-electron chi connectivity index (χ2n) is 6.27. The third-order valence-corrected chi connectivity index (χ3v) is 4.41. The van der Waals surface area contributed by atoms with Crippen LogP contribution in [0.15, 0.2) is 65.6 Å². The van der Waals surface area contributed by atoms with Crippen molar-refractivity contribution in [1.29, 1.82) is 0 Å². The molecular formula is C21H18N2O5. The van der Waals surface area contributed by atoms with Gasteiger partial charge in [-0.25, -0.2) is 0 Å². The van der Waals surface area contributed by atoms with E-state index in [0.717, 1.165) is 15.9 Å². The summed E-state index contributed by atoms with van der Waals surface area (Å²) in [6.07, 6.45) is 1.48. The Morgan fingerprint density at radius 3 is 2.79 bits per heavy atom. The Bertz CT molecular complexity index is 1090. The molecule has 7 heteroatoms. The highest BCUT2D eigenvalue weighted by molar-refractivity contribution is 6.04. The predicted octanol–water partition coefficient (Wildman–Crippen LogP) is 2.77. The third kappa shape index (κ3) is 3.55. The summed E-state index contributed by atoms with van der Waals surface area (Å²) in [5.74, 6) is 0.632. The number of carbonyl (C=O) groups excluding carboxylic acids is 1. The number of hydrogen-bond acceptors (Lipinski definition) is 5. The quantitative estimate of drug-likeness (QED) is 0.739. The van der Waals surface area contributed by atoms with Gasteiger partial charge in [-0.3, -0.25) is 9.59 Å². The Kier molecular flexibility index (Phi) is 4.72. The topological polar surface area (TPSA) is 78.8 Å². The number of amides is 1. The smallest absolute Gasteiger partial charge is 0.295 e. The van der Waals surface area contributed by atoms with E-state index in [1.165, 1.54) is 12.3 Å². The molecule has 0 radical (unpaired) electrons. The van der Waals surface area contributed by atoms with Gasteiger partial charge in [0.05, 0.1) is 0 Å². The fraction of sp³-hybridized carbons (Fsp3) is 0.143. The highest BCUT2D eigenvalue weighted by Crippen LogP contribution is 2.34. The summed E-state index contributed by atoms with van der Waals surface area (Å²) < 4.78 is 11.6. The maximum Gasteiger partial charge on any atom is 0.295 e. The molecule has 3 aromatic rings. The van der Waals surface area contributed by atoms with Crippen LogP contribution in [-0.2, 0) is 6.61 Å². The van der Waals surface area contributed by atoms with E-state index in [4.69, 9.17) is 14.3 Å². The number of hydrogen-bond donors (Lipinski definition) is 1. The van der Waals surface area contributed by atoms with Gasteiger partial charge in [0.2, 0.25) is 6.79 Å². The van der Waals surface area contributed by atoms with Crippen LogP contribution in [0.4, 0.5) is 5.69 Å². The molecule has 1 N–H and O–H groups in total. The summed E-state index contributed by atoms with van der Waals surface area (Å²) >= 11 is 0. The van der Waals surface area contributed by atoms with Gasteiger partial charge in [-0.05, 0) is 42.3 Å². The summed E-state index contributed by atoms with van der Waals surface area (Å²) in [6.45, 7) is 2.34. The zero-order valence-corrected chi connectivity index (χ0v) is 15.2. The van der Waals surface area contributed by atoms with Crippen molar-refractivity contribution < 1.29 is 19.1 Å². The summed E-state index contributed by atoms with van der Waals surface area (Å²) in [6, 6.07) is 15.8. The van der Waals surface area contributed by atoms with Crippen molar-refractivity contribution in [2.75, 3.05) is 12.1 Å². The number of benzene rings is 2. The minimum atomic E-state index is -0.533. The van der Waals surface area contributed by atoms with Gasteiger partial charge >= 0.3 is 0 Å². The zero-order valence-electron chi connectivity index (χ0n) is 15.2. The minimum absolute atomic E-state index is 0.0232. The summed E-state index contributed by atoms with van der Waals surface area (Å²) in [5, 5.41) is 2.70. The molecule has 1 aliphatic rings. The Balaban J connectivity index is 1.50. The first kappa shape index (κ1) is 17.7. The minimum Gasteiger partial charge on any atom is -0.454 e. The molecule has 0 fully saturated rings. The number of pyridine rings is 1. The van der Waals surface area contributed by atoms with Crippen molar-refractivity contribution in [3.05, 3.63) is 87.8 Å². The Hall–Kier alpha value is -3.74. The summed E-state index contributed by atoms with van der Waals surface area (Å²) in [7, 11) is 0. The first-order valence-corrected chi connectivity index (χ1v) is 8.72. The number of carbonyl (C=O) groups is 1. The van der Waals surface area contributed by atoms with Gasteiger partial charge in [0.15, 0.2) is 11.5 Å². The summed E-state index contributed by atoms with van der Waals surface area (Å²) in [4.78, 5) is 30.8. The number of fused-ring (bicyclic) bond motifs is 1. The van der Waals surface area contributed by atoms with Gasteiger partial charge in [-0.1, -0.05) is 24.3 Å². The van der Waals surface area contributed by atoms with Crippen LogP contribution in [0.1, 0.15) is 21.5 Å². The normalized spacial score (nSPS) is 11.9. The van der Waals surface area contributed by atoms with E-state index in [-0.39, 0.29) is 19.0 Å². The number of ether oxygens (including phenoxy) is 2. The molecule has 1 amide bonds. The molecule has 0 aliphatic carbocycles. The maximum atomic E-state index is 12.6. The van der Waals surface area contributed by atoms with Crippen molar-refractivity contribution in [3.8, 4) is 11.5 Å². The van der Waals surface area contributed by atoms with Crippen LogP contribution >= 0.6 is 0 Å². The molecule has 0 unspecified atom stereocenters. The zero-order chi connectivity index (χ0) is 19.5. The maximum absolute atomic E-state index is 12.6. The van der Waals surface area contributed by atoms with Crippen molar-refractivity contribution in [2.45, 2.75) is 13.5 Å². The van der Waals surface area contributed by atoms with Gasteiger partial charge in [0.1, 0.15) is 12.2 Å². The second kappa shape index (κ2) is 7.48. The Morgan fingerprint density at radius 1 is 1.11 bits per heavy atom. The number of rotatable bonds is 5. The molecule has 28 heavy (non-hydrogen) atoms. The largest absolute Gasteiger partial charge is 0.454 e. The van der Waals surface area contributed by atoms with E-state index in [1.807, 2.05) is 31.2 Å². The second-order valence-corrected chi connectivity index (χ2v) is 6.27. The number of nitrogens with zero attached hydrogens (tertiary/aromatic N) is 1. The van der Waals surface area contributed by atoms with Crippen molar-refractivity contribution in [1.82, 2.24) is 4.73 Å². The number of aryl methyl sites for hydroxylation is 1. The number of anilines is 1. The predicted molar refractivity (Wildman–Crippen MR) is 103 cm³/mol. The first-order valence-electron chi connectivity index (χ1n) is 8.72. The van der Waals surface area contributed by atoms with E-state index in [2.05, 4.69) is 5.32 Å². The van der Waals surface area contributed by atoms with Crippen LogP contribution in [-0.4, -0.2) is 17.4 Å². The van der Waals surface area contributed by atoms with Crippen LogP contribution in [0.3, 0.4) is 0 Å². The molecule has 7 nitrogen and oxygen atoms in total. The molecule has 4 rings (SSSR count). The molecule has 1 aliphatic heterocycles. The van der Waals surface area contributed by atoms with Crippen molar-refractivity contribution >= 4 is 11.6 Å². The van der Waals surface area contributed by atoms with Crippen LogP contribution in [0, 0.1) is 6.92 Å². The van der Waals surface area contributed by atoms with E-state index in [0.29, 0.717) is 17.2 Å². The molecule has 0 bridgehead atoms. The van der Waals surface area contributed by atoms with Crippen LogP contribution in [0.2, 0.25) is 0 Å². The van der Waals surface area contributed by atoms with E-state index >= 15 is 0 Å². The Morgan fingerprint density at radius 2 is 1.93 bits per heavy atom. The van der Waals surface area contributed by atoms with Crippen LogP contribution in [0.5, 0.6) is 11.5 Å². The van der Waals surface area contributed by atoms with Gasteiger partial charge in [-0.2, -0.15) is 4.73 Å². The molecule has 0 saturated heterocycles. The third-order valence-electron chi connectivity index (χ3n) is 4.41. The highest BCUT2D eigenvalue weighted by Gasteiger charge is 2.17. The monoisotopic (exact) mass is 378 g/mol. The lowest BCUT2D eigenvalue weighted by atomic mass is 10.1. The number of aromatic nitrogens is 1. The lowest BCUT2D eigenvalue weighted by Crippen LogP contribution is -2.32. The van der Waals surface area contributed by atoms with Crippen molar-refractivity contribution in [2.24, 2.45) is 0 Å². The standard InChI is InChI=1S/C21H18N2O5/c1-14-5-2-3-6-15(14)12-28-23-10-4-7-17(21(23)25)20(24)22-16-8-9-18-19(11-16)27-13-26-18/h2-11H,12-13H2,1H3,(H,22,24). The Labute approximate surface area is 161 Å². The molecule has 1 aromatic heterocycles. The lowest BCUT2D eigenvalue weighted by molar-refractivity contribution is 0.0861. The molecule has 0 spiro atoms. The molecule has 2 aromatic carbocycles. The molecule has 0 atom stereocenters. The lowest BCUT2D eigenvalue weighted by Gasteiger charge is -2.11. The molecule has 2 heterocycles. The van der Waals surface area contributed by atoms with Crippen LogP contribution < -0.4 is 25.2 Å². The van der Waals surface area contributed by atoms with Crippen LogP contribution in [0.25, 0.3) is 0 Å². The molecular weight excluding hydrogens is 360 g/mol. The van der Waals surface area contributed by atoms with E-state index in [1.54, 1.807) is 24.3 Å². The van der Waals surface area contributed by atoms with E-state index < -0.39 is 11.5 Å².